The van der Waals surface area contributed by atoms with Gasteiger partial charge in [0.1, 0.15) is 0 Å². The van der Waals surface area contributed by atoms with Gasteiger partial charge in [-0.2, -0.15) is 18.2 Å². The van der Waals surface area contributed by atoms with Gasteiger partial charge in [0, 0.05) is 19.6 Å². The number of aromatic nitrogens is 4. The Bertz CT molecular complexity index is 1390. The van der Waals surface area contributed by atoms with Crippen molar-refractivity contribution >= 4 is 11.0 Å². The molecule has 0 aliphatic carbocycles. The zero-order chi connectivity index (χ0) is 23.0. The van der Waals surface area contributed by atoms with Gasteiger partial charge in [-0.3, -0.25) is 9.78 Å². The van der Waals surface area contributed by atoms with Crippen LogP contribution in [0.3, 0.4) is 0 Å². The molecule has 7 nitrogen and oxygen atoms in total. The summed E-state index contributed by atoms with van der Waals surface area (Å²) in [6.07, 6.45) is -4.40. The molecule has 0 fully saturated rings. The monoisotopic (exact) mass is 443 g/mol. The van der Waals surface area contributed by atoms with E-state index in [9.17, 15) is 22.8 Å². The summed E-state index contributed by atoms with van der Waals surface area (Å²) in [6.45, 7) is 4.80. The number of nitrogens with one attached hydrogen (secondary N) is 2. The lowest BCUT2D eigenvalue weighted by atomic mass is 10.1. The Hall–Kier alpha value is -3.53. The van der Waals surface area contributed by atoms with E-state index < -0.39 is 23.0 Å². The Labute approximate surface area is 180 Å². The lowest BCUT2D eigenvalue weighted by Gasteiger charge is -2.18. The van der Waals surface area contributed by atoms with E-state index in [-0.39, 0.29) is 18.1 Å². The summed E-state index contributed by atoms with van der Waals surface area (Å²) in [6, 6.07) is 8.90. The van der Waals surface area contributed by atoms with Gasteiger partial charge in [0.25, 0.3) is 5.56 Å². The molecular formula is C22H20F3N5O2. The number of rotatable bonds is 5. The molecule has 2 heterocycles. The van der Waals surface area contributed by atoms with Crippen LogP contribution in [0, 0.1) is 13.8 Å². The molecule has 2 N–H and O–H groups in total. The molecule has 0 saturated heterocycles. The van der Waals surface area contributed by atoms with E-state index in [0.29, 0.717) is 29.7 Å². The van der Waals surface area contributed by atoms with Crippen LogP contribution in [0.5, 0.6) is 0 Å². The molecule has 166 valence electrons. The highest BCUT2D eigenvalue weighted by molar-refractivity contribution is 5.81. The van der Waals surface area contributed by atoms with Gasteiger partial charge in [-0.05, 0) is 48.7 Å². The molecule has 10 heteroatoms. The Morgan fingerprint density at radius 3 is 2.56 bits per heavy atom. The maximum Gasteiger partial charge on any atom is 0.416 e. The van der Waals surface area contributed by atoms with Gasteiger partial charge >= 0.3 is 11.9 Å². The van der Waals surface area contributed by atoms with Crippen molar-refractivity contribution in [2.45, 2.75) is 33.1 Å². The quantitative estimate of drug-likeness (QED) is 0.365. The average Bonchev–Trinajstić information content (AvgIpc) is 2.72. The summed E-state index contributed by atoms with van der Waals surface area (Å²) in [4.78, 5) is 34.6. The molecular weight excluding hydrogens is 423 g/mol. The molecule has 2 aliphatic heterocycles. The maximum absolute atomic E-state index is 12.9. The Balaban J connectivity index is 1.64. The highest BCUT2D eigenvalue weighted by Gasteiger charge is 2.30. The van der Waals surface area contributed by atoms with Gasteiger partial charge in [-0.15, -0.1) is 0 Å². The first-order valence-corrected chi connectivity index (χ1v) is 9.92. The molecule has 32 heavy (non-hydrogen) atoms. The summed E-state index contributed by atoms with van der Waals surface area (Å²) >= 11 is 0. The molecule has 0 spiro atoms. The molecule has 0 radical (unpaired) electrons. The fourth-order valence-electron chi connectivity index (χ4n) is 3.56. The van der Waals surface area contributed by atoms with E-state index >= 15 is 0 Å². The third kappa shape index (κ3) is 4.26. The van der Waals surface area contributed by atoms with Crippen LogP contribution >= 0.6 is 0 Å². The second-order valence-corrected chi connectivity index (χ2v) is 7.61. The zero-order valence-electron chi connectivity index (χ0n) is 17.4. The topological polar surface area (TPSA) is 92.7 Å². The molecule has 0 unspecified atom stereocenters. The number of fused-ring (bicyclic) bond motifs is 2. The number of hydrogen-bond donors (Lipinski definition) is 2. The lowest BCUT2D eigenvalue weighted by molar-refractivity contribution is -0.137. The summed E-state index contributed by atoms with van der Waals surface area (Å²) in [5.74, 6) is 0.162. The molecule has 0 bridgehead atoms. The van der Waals surface area contributed by atoms with Crippen LogP contribution in [0.1, 0.15) is 22.3 Å². The third-order valence-electron chi connectivity index (χ3n) is 5.32. The van der Waals surface area contributed by atoms with Crippen molar-refractivity contribution in [2.24, 2.45) is 0 Å². The number of aryl methyl sites for hydroxylation is 2. The van der Waals surface area contributed by atoms with Gasteiger partial charge in [-0.25, -0.2) is 9.78 Å². The van der Waals surface area contributed by atoms with Crippen LogP contribution in [-0.4, -0.2) is 26.1 Å². The zero-order valence-corrected chi connectivity index (χ0v) is 17.4. The van der Waals surface area contributed by atoms with Crippen molar-refractivity contribution < 1.29 is 13.2 Å². The SMILES string of the molecule is Cc1cc2nc3c(=O)[nH]c(=O)nc-3n(CCNCc3cccc(C(F)(F)F)c3)c2cc1C. The van der Waals surface area contributed by atoms with Crippen LogP contribution in [-0.2, 0) is 19.3 Å². The number of hydrogen-bond acceptors (Lipinski definition) is 5. The second-order valence-electron chi connectivity index (χ2n) is 7.61. The largest absolute Gasteiger partial charge is 0.416 e. The third-order valence-corrected chi connectivity index (χ3v) is 5.32. The van der Waals surface area contributed by atoms with Crippen molar-refractivity contribution in [3.05, 3.63) is 79.5 Å². The van der Waals surface area contributed by atoms with E-state index in [0.717, 1.165) is 23.3 Å². The number of halogens is 3. The summed E-state index contributed by atoms with van der Waals surface area (Å²) in [5, 5.41) is 3.11. The van der Waals surface area contributed by atoms with E-state index in [1.54, 1.807) is 10.6 Å². The Morgan fingerprint density at radius 1 is 1.06 bits per heavy atom. The highest BCUT2D eigenvalue weighted by atomic mass is 19.4. The molecule has 4 rings (SSSR count). The normalized spacial score (nSPS) is 12.0. The maximum atomic E-state index is 12.9. The van der Waals surface area contributed by atoms with Gasteiger partial charge in [0.15, 0.2) is 11.5 Å². The minimum atomic E-state index is -4.40. The van der Waals surface area contributed by atoms with Gasteiger partial charge < -0.3 is 9.88 Å². The predicted molar refractivity (Wildman–Crippen MR) is 114 cm³/mol. The molecule has 2 aromatic carbocycles. The number of aromatic amines is 1. The van der Waals surface area contributed by atoms with Crippen LogP contribution in [0.4, 0.5) is 13.2 Å². The van der Waals surface area contributed by atoms with Crippen molar-refractivity contribution in [3.8, 4) is 11.5 Å². The second kappa shape index (κ2) is 8.19. The fourth-order valence-corrected chi connectivity index (χ4v) is 3.56. The van der Waals surface area contributed by atoms with Crippen LogP contribution in [0.2, 0.25) is 0 Å². The van der Waals surface area contributed by atoms with Crippen LogP contribution in [0.15, 0.2) is 46.0 Å². The molecule has 2 aliphatic rings. The van der Waals surface area contributed by atoms with Crippen molar-refractivity contribution in [2.75, 3.05) is 6.54 Å². The van der Waals surface area contributed by atoms with Crippen LogP contribution in [0.25, 0.3) is 22.6 Å². The first-order chi connectivity index (χ1) is 15.1. The Morgan fingerprint density at radius 2 is 1.81 bits per heavy atom. The van der Waals surface area contributed by atoms with Crippen molar-refractivity contribution in [3.63, 3.8) is 0 Å². The van der Waals surface area contributed by atoms with Gasteiger partial charge in [-0.1, -0.05) is 18.2 Å². The Kier molecular flexibility index (Phi) is 5.55. The summed E-state index contributed by atoms with van der Waals surface area (Å²) in [5.41, 5.74) is 1.78. The minimum absolute atomic E-state index is 0.0539. The van der Waals surface area contributed by atoms with E-state index in [2.05, 4.69) is 20.3 Å². The predicted octanol–water partition coefficient (Wildman–Crippen LogP) is 3.01. The molecule has 0 amide bonds. The number of benzene rings is 2. The van der Waals surface area contributed by atoms with Crippen molar-refractivity contribution in [1.29, 1.82) is 0 Å². The molecule has 0 saturated carbocycles. The molecule has 0 atom stereocenters. The molecule has 2 aromatic rings. The lowest BCUT2D eigenvalue weighted by Crippen LogP contribution is -2.30. The standard InChI is InChI=1S/C22H20F3N5O2/c1-12-8-16-17(9-13(12)2)30(19-18(27-16)20(31)29-21(32)28-19)7-6-26-11-14-4-3-5-15(10-14)22(23,24)25/h3-5,8-10,26H,6-7,11H2,1-2H3,(H,29,31,32). The van der Waals surface area contributed by atoms with Gasteiger partial charge in [0.05, 0.1) is 16.6 Å². The van der Waals surface area contributed by atoms with E-state index in [1.165, 1.54) is 6.07 Å². The minimum Gasteiger partial charge on any atom is -0.321 e. The highest BCUT2D eigenvalue weighted by Crippen LogP contribution is 2.29. The summed E-state index contributed by atoms with van der Waals surface area (Å²) in [7, 11) is 0. The number of alkyl halides is 3. The van der Waals surface area contributed by atoms with E-state index in [1.807, 2.05) is 26.0 Å². The van der Waals surface area contributed by atoms with Gasteiger partial charge in [0.2, 0.25) is 0 Å². The summed E-state index contributed by atoms with van der Waals surface area (Å²) < 4.78 is 40.5. The number of nitrogens with zero attached hydrogens (tertiary/aromatic N) is 3. The smallest absolute Gasteiger partial charge is 0.321 e. The number of H-pyrrole nitrogens is 1. The van der Waals surface area contributed by atoms with Crippen molar-refractivity contribution in [1.82, 2.24) is 24.8 Å². The average molecular weight is 443 g/mol. The first kappa shape index (κ1) is 21.7. The fraction of sp³-hybridized carbons (Fsp3) is 0.273. The van der Waals surface area contributed by atoms with Crippen LogP contribution < -0.4 is 16.6 Å². The van der Waals surface area contributed by atoms with E-state index in [4.69, 9.17) is 0 Å². The molecule has 0 aromatic heterocycles. The first-order valence-electron chi connectivity index (χ1n) is 9.92.